The van der Waals surface area contributed by atoms with Crippen molar-refractivity contribution in [3.05, 3.63) is 70.0 Å². The van der Waals surface area contributed by atoms with Crippen LogP contribution in [0.1, 0.15) is 30.4 Å². The number of aromatic nitrogens is 1. The predicted molar refractivity (Wildman–Crippen MR) is 118 cm³/mol. The molecule has 0 amide bonds. The Hall–Kier alpha value is -2.97. The van der Waals surface area contributed by atoms with Gasteiger partial charge in [0.05, 0.1) is 17.3 Å². The maximum Gasteiger partial charge on any atom is 0.417 e. The molecule has 1 saturated heterocycles. The molecule has 2 unspecified atom stereocenters. The van der Waals surface area contributed by atoms with Crippen LogP contribution in [-0.2, 0) is 11.3 Å². The number of hydrogen-bond acceptors (Lipinski definition) is 6. The molecule has 32 heavy (non-hydrogen) atoms. The van der Waals surface area contributed by atoms with Crippen LogP contribution in [0.4, 0.5) is 4.39 Å². The van der Waals surface area contributed by atoms with Crippen molar-refractivity contribution < 1.29 is 18.8 Å². The zero-order chi connectivity index (χ0) is 22.1. The monoisotopic (exact) mass is 439 g/mol. The molecule has 0 radical (unpaired) electrons. The summed E-state index contributed by atoms with van der Waals surface area (Å²) in [5.41, 5.74) is 3.89. The van der Waals surface area contributed by atoms with Crippen LogP contribution in [0.3, 0.4) is 0 Å². The molecule has 168 valence electrons. The number of aromatic amines is 1. The van der Waals surface area contributed by atoms with Gasteiger partial charge in [-0.1, -0.05) is 23.4 Å². The van der Waals surface area contributed by atoms with Gasteiger partial charge in [0.15, 0.2) is 5.58 Å². The van der Waals surface area contributed by atoms with Crippen molar-refractivity contribution in [1.82, 2.24) is 9.88 Å². The van der Waals surface area contributed by atoms with E-state index in [1.165, 1.54) is 12.1 Å². The summed E-state index contributed by atoms with van der Waals surface area (Å²) < 4.78 is 18.2. The van der Waals surface area contributed by atoms with Crippen molar-refractivity contribution in [3.8, 4) is 0 Å². The molecule has 7 nitrogen and oxygen atoms in total. The van der Waals surface area contributed by atoms with Gasteiger partial charge in [0.2, 0.25) is 0 Å². The Balaban J connectivity index is 1.10. The number of likely N-dealkylation sites (tertiary alicyclic amines) is 1. The fraction of sp³-hybridized carbons (Fsp3) is 0.417. The molecule has 3 aromatic rings. The highest BCUT2D eigenvalue weighted by atomic mass is 19.1. The number of nitrogens with zero attached hydrogens (tertiary/aromatic N) is 2. The second-order valence-corrected chi connectivity index (χ2v) is 8.73. The van der Waals surface area contributed by atoms with Gasteiger partial charge < -0.3 is 14.4 Å². The Morgan fingerprint density at radius 2 is 1.97 bits per heavy atom. The number of piperidine rings is 1. The normalized spacial score (nSPS) is 20.9. The third kappa shape index (κ3) is 4.61. The summed E-state index contributed by atoms with van der Waals surface area (Å²) in [5.74, 6) is -0.476. The van der Waals surface area contributed by atoms with Gasteiger partial charge in [-0.3, -0.25) is 9.88 Å². The predicted octanol–water partition coefficient (Wildman–Crippen LogP) is 3.07. The van der Waals surface area contributed by atoms with Gasteiger partial charge in [0.1, 0.15) is 11.9 Å². The van der Waals surface area contributed by atoms with E-state index in [4.69, 9.17) is 9.25 Å². The van der Waals surface area contributed by atoms with Gasteiger partial charge in [0, 0.05) is 18.5 Å². The Morgan fingerprint density at radius 3 is 2.75 bits per heavy atom. The van der Waals surface area contributed by atoms with E-state index in [2.05, 4.69) is 15.0 Å². The third-order valence-corrected chi connectivity index (χ3v) is 6.48. The smallest absolute Gasteiger partial charge is 0.408 e. The molecule has 2 aliphatic rings. The van der Waals surface area contributed by atoms with Crippen molar-refractivity contribution in [1.29, 1.82) is 0 Å². The first-order chi connectivity index (χ1) is 15.5. The lowest BCUT2D eigenvalue weighted by molar-refractivity contribution is 0.0220. The number of fused-ring (bicyclic) bond motifs is 1. The molecule has 1 aromatic heterocycles. The molecule has 2 atom stereocenters. The lowest BCUT2D eigenvalue weighted by Gasteiger charge is -2.35. The second kappa shape index (κ2) is 8.88. The number of oxime groups is 1. The third-order valence-electron chi connectivity index (χ3n) is 6.48. The van der Waals surface area contributed by atoms with Crippen molar-refractivity contribution in [2.75, 3.05) is 19.6 Å². The number of nitrogens with one attached hydrogen (secondary N) is 1. The minimum Gasteiger partial charge on any atom is -0.408 e. The number of benzene rings is 2. The van der Waals surface area contributed by atoms with E-state index >= 15 is 0 Å². The van der Waals surface area contributed by atoms with Crippen LogP contribution in [0.2, 0.25) is 0 Å². The Labute approximate surface area is 184 Å². The molecule has 1 fully saturated rings. The molecule has 2 N–H and O–H groups in total. The Morgan fingerprint density at radius 1 is 1.19 bits per heavy atom. The van der Waals surface area contributed by atoms with Crippen molar-refractivity contribution >= 4 is 16.8 Å². The van der Waals surface area contributed by atoms with Crippen LogP contribution in [0.5, 0.6) is 0 Å². The first-order valence-corrected chi connectivity index (χ1v) is 11.0. The maximum absolute atomic E-state index is 13.1. The minimum absolute atomic E-state index is 0.0142. The number of aliphatic hydroxyl groups excluding tert-OH is 1. The van der Waals surface area contributed by atoms with Crippen LogP contribution >= 0.6 is 0 Å². The number of oxazole rings is 1. The average molecular weight is 439 g/mol. The molecule has 5 rings (SSSR count). The van der Waals surface area contributed by atoms with Crippen molar-refractivity contribution in [2.45, 2.75) is 37.9 Å². The number of hydrogen-bond donors (Lipinski definition) is 2. The molecule has 2 aliphatic heterocycles. The quantitative estimate of drug-likeness (QED) is 0.616. The van der Waals surface area contributed by atoms with E-state index in [-0.39, 0.29) is 17.8 Å². The fourth-order valence-corrected chi connectivity index (χ4v) is 4.66. The highest BCUT2D eigenvalue weighted by Crippen LogP contribution is 2.25. The zero-order valence-electron chi connectivity index (χ0n) is 17.7. The SMILES string of the molecule is O=c1[nH]c2ccc(C3=NOC(CN4CCC(C(O)Cc5ccc(F)cc5)CC4)C3)cc2o1. The van der Waals surface area contributed by atoms with Gasteiger partial charge >= 0.3 is 5.76 Å². The molecular weight excluding hydrogens is 413 g/mol. The Kier molecular flexibility index (Phi) is 5.80. The summed E-state index contributed by atoms with van der Waals surface area (Å²) in [5, 5.41) is 14.9. The van der Waals surface area contributed by atoms with E-state index in [9.17, 15) is 14.3 Å². The van der Waals surface area contributed by atoms with Crippen LogP contribution in [0.25, 0.3) is 11.1 Å². The van der Waals surface area contributed by atoms with Crippen molar-refractivity contribution in [2.24, 2.45) is 11.1 Å². The van der Waals surface area contributed by atoms with Crippen molar-refractivity contribution in [3.63, 3.8) is 0 Å². The number of halogens is 1. The highest BCUT2D eigenvalue weighted by molar-refractivity contribution is 6.03. The summed E-state index contributed by atoms with van der Waals surface area (Å²) in [7, 11) is 0. The number of rotatable bonds is 6. The lowest BCUT2D eigenvalue weighted by atomic mass is 9.88. The lowest BCUT2D eigenvalue weighted by Crippen LogP contribution is -2.41. The standard InChI is InChI=1S/C24H26FN3O4/c25-18-4-1-15(2-5-18)11-22(29)16-7-9-28(10-8-16)14-19-13-21(27-32-19)17-3-6-20-23(12-17)31-24(30)26-20/h1-6,12,16,19,22,29H,7-11,13-14H2,(H,26,30). The molecule has 0 aliphatic carbocycles. The molecular formula is C24H26FN3O4. The van der Waals surface area contributed by atoms with Gasteiger partial charge in [0.25, 0.3) is 0 Å². The summed E-state index contributed by atoms with van der Waals surface area (Å²) in [4.78, 5) is 22.0. The van der Waals surface area contributed by atoms with E-state index in [1.807, 2.05) is 18.2 Å². The van der Waals surface area contributed by atoms with Gasteiger partial charge in [-0.25, -0.2) is 9.18 Å². The topological polar surface area (TPSA) is 91.1 Å². The molecule has 0 spiro atoms. The average Bonchev–Trinajstić information content (AvgIpc) is 3.40. The van der Waals surface area contributed by atoms with E-state index in [1.54, 1.807) is 12.1 Å². The van der Waals surface area contributed by atoms with Gasteiger partial charge in [-0.05, 0) is 68.1 Å². The van der Waals surface area contributed by atoms with E-state index < -0.39 is 11.9 Å². The summed E-state index contributed by atoms with van der Waals surface area (Å²) in [6, 6.07) is 11.9. The first-order valence-electron chi connectivity index (χ1n) is 11.0. The fourth-order valence-electron chi connectivity index (χ4n) is 4.66. The summed E-state index contributed by atoms with van der Waals surface area (Å²) >= 11 is 0. The van der Waals surface area contributed by atoms with Gasteiger partial charge in [-0.2, -0.15) is 0 Å². The van der Waals surface area contributed by atoms with Crippen LogP contribution < -0.4 is 5.76 Å². The van der Waals surface area contributed by atoms with E-state index in [0.29, 0.717) is 23.9 Å². The molecule has 2 aromatic carbocycles. The Bertz CT molecular complexity index is 1160. The van der Waals surface area contributed by atoms with Gasteiger partial charge in [-0.15, -0.1) is 0 Å². The maximum atomic E-state index is 13.1. The molecule has 3 heterocycles. The first kappa shape index (κ1) is 20.9. The molecule has 8 heteroatoms. The summed E-state index contributed by atoms with van der Waals surface area (Å²) in [6.45, 7) is 2.59. The van der Waals surface area contributed by atoms with Crippen LogP contribution in [-0.4, -0.2) is 52.5 Å². The largest absolute Gasteiger partial charge is 0.417 e. The minimum atomic E-state index is -0.467. The van der Waals surface area contributed by atoms with E-state index in [0.717, 1.165) is 49.3 Å². The molecule has 0 saturated carbocycles. The second-order valence-electron chi connectivity index (χ2n) is 8.73. The number of H-pyrrole nitrogens is 1. The summed E-state index contributed by atoms with van der Waals surface area (Å²) in [6.07, 6.45) is 2.67. The van der Waals surface area contributed by atoms with Crippen LogP contribution in [0, 0.1) is 11.7 Å². The highest BCUT2D eigenvalue weighted by Gasteiger charge is 2.29. The zero-order valence-corrected chi connectivity index (χ0v) is 17.7. The molecule has 0 bridgehead atoms. The number of aliphatic hydroxyl groups is 1. The van der Waals surface area contributed by atoms with Crippen LogP contribution in [0.15, 0.2) is 56.8 Å².